The summed E-state index contributed by atoms with van der Waals surface area (Å²) >= 11 is 0. The zero-order valence-corrected chi connectivity index (χ0v) is 13.7. The first-order valence-electron chi connectivity index (χ1n) is 7.80. The van der Waals surface area contributed by atoms with E-state index in [1.165, 1.54) is 0 Å². The first kappa shape index (κ1) is 17.8. The number of carbonyl (C=O) groups is 2. The molecule has 1 aliphatic rings. The van der Waals surface area contributed by atoms with E-state index in [4.69, 9.17) is 4.74 Å². The molecular weight excluding hydrogens is 270 g/mol. The van der Waals surface area contributed by atoms with Crippen LogP contribution in [-0.2, 0) is 9.53 Å². The molecule has 0 radical (unpaired) electrons. The quantitative estimate of drug-likeness (QED) is 0.729. The molecule has 1 atom stereocenters. The van der Waals surface area contributed by atoms with Gasteiger partial charge in [0, 0.05) is 38.6 Å². The average molecular weight is 299 g/mol. The van der Waals surface area contributed by atoms with Crippen LogP contribution in [-0.4, -0.2) is 54.7 Å². The van der Waals surface area contributed by atoms with Crippen molar-refractivity contribution in [2.75, 3.05) is 26.2 Å². The fraction of sp³-hybridized carbons (Fsp3) is 0.867. The Bertz CT molecular complexity index is 353. The molecular formula is C15H29N3O3. The van der Waals surface area contributed by atoms with Crippen molar-refractivity contribution in [2.45, 2.75) is 58.6 Å². The van der Waals surface area contributed by atoms with Gasteiger partial charge in [0.05, 0.1) is 0 Å². The molecule has 1 saturated heterocycles. The highest BCUT2D eigenvalue weighted by atomic mass is 16.6. The lowest BCUT2D eigenvalue weighted by molar-refractivity contribution is -0.120. The van der Waals surface area contributed by atoms with Gasteiger partial charge in [-0.15, -0.1) is 0 Å². The summed E-state index contributed by atoms with van der Waals surface area (Å²) in [7, 11) is 0. The van der Waals surface area contributed by atoms with E-state index < -0.39 is 5.60 Å². The van der Waals surface area contributed by atoms with Crippen LogP contribution >= 0.6 is 0 Å². The highest BCUT2D eigenvalue weighted by Gasteiger charge is 2.31. The monoisotopic (exact) mass is 299 g/mol. The van der Waals surface area contributed by atoms with E-state index in [0.29, 0.717) is 26.1 Å². The van der Waals surface area contributed by atoms with Crippen LogP contribution in [0.15, 0.2) is 0 Å². The van der Waals surface area contributed by atoms with Crippen molar-refractivity contribution in [3.05, 3.63) is 0 Å². The maximum Gasteiger partial charge on any atom is 0.410 e. The average Bonchev–Trinajstić information content (AvgIpc) is 2.81. The molecule has 1 unspecified atom stereocenters. The lowest BCUT2D eigenvalue weighted by atomic mass is 10.2. The second kappa shape index (κ2) is 8.22. The molecule has 21 heavy (non-hydrogen) atoms. The third-order valence-corrected chi connectivity index (χ3v) is 3.29. The van der Waals surface area contributed by atoms with Crippen molar-refractivity contribution in [1.82, 2.24) is 15.5 Å². The Hall–Kier alpha value is -1.30. The fourth-order valence-corrected chi connectivity index (χ4v) is 2.36. The van der Waals surface area contributed by atoms with Crippen molar-refractivity contribution in [3.8, 4) is 0 Å². The van der Waals surface area contributed by atoms with E-state index >= 15 is 0 Å². The van der Waals surface area contributed by atoms with Crippen LogP contribution < -0.4 is 10.6 Å². The summed E-state index contributed by atoms with van der Waals surface area (Å²) in [6.07, 6.45) is 2.21. The molecule has 1 aliphatic heterocycles. The largest absolute Gasteiger partial charge is 0.444 e. The summed E-state index contributed by atoms with van der Waals surface area (Å²) in [6, 6.07) is 0.161. The number of hydrogen-bond acceptors (Lipinski definition) is 4. The van der Waals surface area contributed by atoms with Crippen LogP contribution in [0.2, 0.25) is 0 Å². The van der Waals surface area contributed by atoms with Gasteiger partial charge in [-0.05, 0) is 40.5 Å². The number of likely N-dealkylation sites (tertiary alicyclic amines) is 1. The van der Waals surface area contributed by atoms with Crippen LogP contribution in [0.25, 0.3) is 0 Å². The molecule has 1 heterocycles. The highest BCUT2D eigenvalue weighted by Crippen LogP contribution is 2.20. The van der Waals surface area contributed by atoms with E-state index in [1.54, 1.807) is 4.90 Å². The maximum absolute atomic E-state index is 12.1. The molecule has 6 heteroatoms. The summed E-state index contributed by atoms with van der Waals surface area (Å²) in [4.78, 5) is 25.2. The van der Waals surface area contributed by atoms with Crippen molar-refractivity contribution < 1.29 is 14.3 Å². The normalized spacial score (nSPS) is 18.7. The van der Waals surface area contributed by atoms with Gasteiger partial charge in [-0.1, -0.05) is 0 Å². The van der Waals surface area contributed by atoms with E-state index in [2.05, 4.69) is 10.6 Å². The number of nitrogens with one attached hydrogen (secondary N) is 2. The predicted octanol–water partition coefficient (Wildman–Crippen LogP) is 1.50. The molecule has 0 aromatic heterocycles. The van der Waals surface area contributed by atoms with Crippen molar-refractivity contribution in [1.29, 1.82) is 0 Å². The van der Waals surface area contributed by atoms with Crippen LogP contribution in [0.4, 0.5) is 4.79 Å². The third-order valence-electron chi connectivity index (χ3n) is 3.29. The van der Waals surface area contributed by atoms with E-state index in [0.717, 1.165) is 19.4 Å². The van der Waals surface area contributed by atoms with Crippen LogP contribution in [0.3, 0.4) is 0 Å². The van der Waals surface area contributed by atoms with Crippen LogP contribution in [0.5, 0.6) is 0 Å². The molecule has 0 bridgehead atoms. The molecule has 0 aromatic rings. The summed E-state index contributed by atoms with van der Waals surface area (Å²) < 4.78 is 5.42. The van der Waals surface area contributed by atoms with Crippen LogP contribution in [0.1, 0.15) is 47.0 Å². The van der Waals surface area contributed by atoms with E-state index in [9.17, 15) is 9.59 Å². The molecule has 122 valence electrons. The second-order valence-corrected chi connectivity index (χ2v) is 6.38. The molecule has 1 fully saturated rings. The maximum atomic E-state index is 12.1. The SMILES string of the molecule is CCNC(=O)CCNCC1CCCN1C(=O)OC(C)(C)C. The van der Waals surface area contributed by atoms with Crippen molar-refractivity contribution in [3.63, 3.8) is 0 Å². The lowest BCUT2D eigenvalue weighted by Gasteiger charge is -2.28. The zero-order valence-electron chi connectivity index (χ0n) is 13.7. The molecule has 0 saturated carbocycles. The van der Waals surface area contributed by atoms with Crippen LogP contribution in [0, 0.1) is 0 Å². The van der Waals surface area contributed by atoms with E-state index in [-0.39, 0.29) is 18.0 Å². The Labute approximate surface area is 127 Å². The number of rotatable bonds is 6. The third kappa shape index (κ3) is 6.80. The molecule has 6 nitrogen and oxygen atoms in total. The van der Waals surface area contributed by atoms with Gasteiger partial charge in [-0.3, -0.25) is 4.79 Å². The molecule has 0 aromatic carbocycles. The topological polar surface area (TPSA) is 70.7 Å². The molecule has 1 rings (SSSR count). The number of nitrogens with zero attached hydrogens (tertiary/aromatic N) is 1. The van der Waals surface area contributed by atoms with E-state index in [1.807, 2.05) is 27.7 Å². The Morgan fingerprint density at radius 3 is 2.67 bits per heavy atom. The summed E-state index contributed by atoms with van der Waals surface area (Å²) in [6.45, 7) is 10.3. The van der Waals surface area contributed by atoms with Gasteiger partial charge >= 0.3 is 6.09 Å². The smallest absolute Gasteiger partial charge is 0.410 e. The minimum atomic E-state index is -0.462. The molecule has 2 N–H and O–H groups in total. The van der Waals surface area contributed by atoms with Crippen molar-refractivity contribution >= 4 is 12.0 Å². The lowest BCUT2D eigenvalue weighted by Crippen LogP contribution is -2.44. The summed E-state index contributed by atoms with van der Waals surface area (Å²) in [5, 5.41) is 6.02. The first-order valence-corrected chi connectivity index (χ1v) is 7.80. The summed E-state index contributed by atoms with van der Waals surface area (Å²) in [5.41, 5.74) is -0.462. The Kier molecular flexibility index (Phi) is 6.95. The Balaban J connectivity index is 2.30. The fourth-order valence-electron chi connectivity index (χ4n) is 2.36. The van der Waals surface area contributed by atoms with Gasteiger partial charge < -0.3 is 20.3 Å². The van der Waals surface area contributed by atoms with Gasteiger partial charge in [-0.25, -0.2) is 4.79 Å². The first-order chi connectivity index (χ1) is 9.83. The predicted molar refractivity (Wildman–Crippen MR) is 82.1 cm³/mol. The number of hydrogen-bond donors (Lipinski definition) is 2. The molecule has 2 amide bonds. The molecule has 0 aliphatic carbocycles. The minimum Gasteiger partial charge on any atom is -0.444 e. The second-order valence-electron chi connectivity index (χ2n) is 6.38. The minimum absolute atomic E-state index is 0.0559. The number of amides is 2. The number of carbonyl (C=O) groups excluding carboxylic acids is 2. The highest BCUT2D eigenvalue weighted by molar-refractivity contribution is 5.75. The standard InChI is InChI=1S/C15H29N3O3/c1-5-17-13(19)8-9-16-11-12-7-6-10-18(12)14(20)21-15(2,3)4/h12,16H,5-11H2,1-4H3,(H,17,19). The van der Waals surface area contributed by atoms with Gasteiger partial charge in [0.15, 0.2) is 0 Å². The summed E-state index contributed by atoms with van der Waals surface area (Å²) in [5.74, 6) is 0.0559. The van der Waals surface area contributed by atoms with Gasteiger partial charge in [0.2, 0.25) is 5.91 Å². The van der Waals surface area contributed by atoms with Gasteiger partial charge in [0.1, 0.15) is 5.60 Å². The Morgan fingerprint density at radius 1 is 1.33 bits per heavy atom. The van der Waals surface area contributed by atoms with Gasteiger partial charge in [0.25, 0.3) is 0 Å². The van der Waals surface area contributed by atoms with Gasteiger partial charge in [-0.2, -0.15) is 0 Å². The molecule has 0 spiro atoms. The Morgan fingerprint density at radius 2 is 2.05 bits per heavy atom. The number of ether oxygens (including phenoxy) is 1. The van der Waals surface area contributed by atoms with Crippen molar-refractivity contribution in [2.24, 2.45) is 0 Å². The zero-order chi connectivity index (χ0) is 15.9.